The van der Waals surface area contributed by atoms with Gasteiger partial charge in [-0.1, -0.05) is 18.9 Å². The fourth-order valence-corrected chi connectivity index (χ4v) is 0.556. The molecule has 0 saturated carbocycles. The zero-order valence-corrected chi connectivity index (χ0v) is 5.77. The molecule has 3 nitrogen and oxygen atoms in total. The summed E-state index contributed by atoms with van der Waals surface area (Å²) >= 11 is 1.09. The third-order valence-corrected chi connectivity index (χ3v) is 1.44. The van der Waals surface area contributed by atoms with E-state index < -0.39 is 0 Å². The third kappa shape index (κ3) is 6.23. The predicted molar refractivity (Wildman–Crippen MR) is 32.1 cm³/mol. The van der Waals surface area contributed by atoms with Crippen molar-refractivity contribution in [1.82, 2.24) is 0 Å². The summed E-state index contributed by atoms with van der Waals surface area (Å²) in [5.41, 5.74) is 0. The van der Waals surface area contributed by atoms with E-state index in [0.29, 0.717) is 5.92 Å². The van der Waals surface area contributed by atoms with Crippen molar-refractivity contribution < 1.29 is 14.6 Å². The van der Waals surface area contributed by atoms with Crippen LogP contribution in [0.1, 0.15) is 13.8 Å². The molecule has 50 valence electrons. The van der Waals surface area contributed by atoms with Gasteiger partial charge in [0.05, 0.1) is 0 Å². The van der Waals surface area contributed by atoms with Crippen molar-refractivity contribution in [2.75, 3.05) is 5.75 Å². The fourth-order valence-electron chi connectivity index (χ4n) is 0.185. The molecule has 0 aromatic rings. The Morgan fingerprint density at radius 3 is 2.62 bits per heavy atom. The molecule has 0 saturated heterocycles. The van der Waals surface area contributed by atoms with Crippen molar-refractivity contribution in [3.8, 4) is 0 Å². The summed E-state index contributed by atoms with van der Waals surface area (Å²) in [4.78, 5) is 0. The van der Waals surface area contributed by atoms with Crippen molar-refractivity contribution in [2.45, 2.75) is 13.8 Å². The van der Waals surface area contributed by atoms with Crippen molar-refractivity contribution >= 4 is 12.0 Å². The maximum Gasteiger partial charge on any atom is 0.0348 e. The lowest BCUT2D eigenvalue weighted by atomic mass is 10.3. The molecule has 0 aliphatic rings. The van der Waals surface area contributed by atoms with Crippen molar-refractivity contribution in [1.29, 1.82) is 0 Å². The van der Waals surface area contributed by atoms with Crippen molar-refractivity contribution in [3.63, 3.8) is 0 Å². The molecule has 0 bridgehead atoms. The van der Waals surface area contributed by atoms with E-state index in [-0.39, 0.29) is 0 Å². The van der Waals surface area contributed by atoms with Crippen LogP contribution in [0.5, 0.6) is 0 Å². The maximum atomic E-state index is 7.64. The molecule has 0 unspecified atom stereocenters. The predicted octanol–water partition coefficient (Wildman–Crippen LogP) is 1.71. The molecule has 4 heteroatoms. The minimum atomic E-state index is 0.551. The molecule has 1 N–H and O–H groups in total. The highest BCUT2D eigenvalue weighted by Crippen LogP contribution is 2.07. The Hall–Kier alpha value is 0.230. The summed E-state index contributed by atoms with van der Waals surface area (Å²) in [6.45, 7) is 4.10. The fraction of sp³-hybridized carbons (Fsp3) is 1.00. The molecular weight excluding hydrogens is 128 g/mol. The highest BCUT2D eigenvalue weighted by atomic mass is 32.2. The zero-order valence-electron chi connectivity index (χ0n) is 4.96. The van der Waals surface area contributed by atoms with Gasteiger partial charge < -0.3 is 0 Å². The SMILES string of the molecule is CC(C)CSOOO. The lowest BCUT2D eigenvalue weighted by Crippen LogP contribution is -1.91. The van der Waals surface area contributed by atoms with Gasteiger partial charge in [0.25, 0.3) is 0 Å². The summed E-state index contributed by atoms with van der Waals surface area (Å²) in [6, 6.07) is 0. The first-order chi connectivity index (χ1) is 3.77. The van der Waals surface area contributed by atoms with Crippen LogP contribution in [0, 0.1) is 5.92 Å². The highest BCUT2D eigenvalue weighted by Gasteiger charge is 1.93. The molecular formula is C4H10O3S. The van der Waals surface area contributed by atoms with E-state index in [1.165, 1.54) is 0 Å². The average molecular weight is 138 g/mol. The quantitative estimate of drug-likeness (QED) is 0.278. The van der Waals surface area contributed by atoms with Crippen LogP contribution in [0.2, 0.25) is 0 Å². The molecule has 0 fully saturated rings. The summed E-state index contributed by atoms with van der Waals surface area (Å²) in [5.74, 6) is 1.37. The zero-order chi connectivity index (χ0) is 6.41. The summed E-state index contributed by atoms with van der Waals surface area (Å²) in [6.07, 6.45) is 0. The monoisotopic (exact) mass is 138 g/mol. The Morgan fingerprint density at radius 2 is 2.25 bits per heavy atom. The van der Waals surface area contributed by atoms with Gasteiger partial charge in [-0.3, -0.25) is 0 Å². The van der Waals surface area contributed by atoms with Gasteiger partial charge in [0.15, 0.2) is 0 Å². The first kappa shape index (κ1) is 8.23. The molecule has 0 spiro atoms. The summed E-state index contributed by atoms with van der Waals surface area (Å²) in [5, 5.41) is 11.0. The van der Waals surface area contributed by atoms with E-state index in [1.807, 2.05) is 13.8 Å². The molecule has 8 heavy (non-hydrogen) atoms. The first-order valence-electron chi connectivity index (χ1n) is 2.37. The highest BCUT2D eigenvalue weighted by molar-refractivity contribution is 7.94. The Bertz CT molecular complexity index is 48.5. The van der Waals surface area contributed by atoms with Gasteiger partial charge in [-0.15, -0.1) is 4.33 Å². The molecule has 0 aromatic carbocycles. The third-order valence-electron chi connectivity index (χ3n) is 0.480. The van der Waals surface area contributed by atoms with Gasteiger partial charge in [0, 0.05) is 17.8 Å². The second kappa shape index (κ2) is 5.37. The van der Waals surface area contributed by atoms with Crippen LogP contribution >= 0.6 is 12.0 Å². The minimum absolute atomic E-state index is 0.551. The van der Waals surface area contributed by atoms with Gasteiger partial charge in [0.1, 0.15) is 0 Å². The second-order valence-electron chi connectivity index (χ2n) is 1.82. The molecule has 0 atom stereocenters. The molecule has 0 aliphatic heterocycles. The molecule has 0 heterocycles. The van der Waals surface area contributed by atoms with Crippen LogP contribution in [-0.2, 0) is 9.37 Å². The maximum absolute atomic E-state index is 7.64. The normalized spacial score (nSPS) is 10.5. The van der Waals surface area contributed by atoms with Crippen LogP contribution in [0.3, 0.4) is 0 Å². The lowest BCUT2D eigenvalue weighted by Gasteiger charge is -1.98. The number of hydrogen-bond acceptors (Lipinski definition) is 4. The van der Waals surface area contributed by atoms with E-state index >= 15 is 0 Å². The van der Waals surface area contributed by atoms with Gasteiger partial charge in [-0.2, -0.15) is 0 Å². The molecule has 0 amide bonds. The first-order valence-corrected chi connectivity index (χ1v) is 3.28. The Labute approximate surface area is 53.0 Å². The van der Waals surface area contributed by atoms with E-state index in [1.54, 1.807) is 0 Å². The topological polar surface area (TPSA) is 38.7 Å². The van der Waals surface area contributed by atoms with Crippen LogP contribution in [0.25, 0.3) is 0 Å². The van der Waals surface area contributed by atoms with Crippen LogP contribution < -0.4 is 0 Å². The average Bonchev–Trinajstić information content (AvgIpc) is 1.66. The minimum Gasteiger partial charge on any atom is -0.220 e. The van der Waals surface area contributed by atoms with Gasteiger partial charge in [-0.05, 0) is 5.92 Å². The lowest BCUT2D eigenvalue weighted by molar-refractivity contribution is -0.432. The number of hydrogen-bond donors (Lipinski definition) is 1. The van der Waals surface area contributed by atoms with Crippen LogP contribution in [-0.4, -0.2) is 11.0 Å². The second-order valence-corrected chi connectivity index (χ2v) is 2.53. The molecule has 0 aromatic heterocycles. The van der Waals surface area contributed by atoms with E-state index in [9.17, 15) is 0 Å². The van der Waals surface area contributed by atoms with Gasteiger partial charge in [0.2, 0.25) is 0 Å². The van der Waals surface area contributed by atoms with Crippen LogP contribution in [0.4, 0.5) is 0 Å². The standard InChI is InChI=1S/C4H10O3S/c1-4(2)3-8-7-6-5/h4-5H,3H2,1-2H3. The Kier molecular flexibility index (Phi) is 5.52. The summed E-state index contributed by atoms with van der Waals surface area (Å²) in [7, 11) is 0. The Balaban J connectivity index is 2.72. The summed E-state index contributed by atoms with van der Waals surface area (Å²) < 4.78 is 4.12. The van der Waals surface area contributed by atoms with Crippen molar-refractivity contribution in [2.24, 2.45) is 5.92 Å². The molecule has 0 rings (SSSR count). The Morgan fingerprint density at radius 1 is 1.62 bits per heavy atom. The van der Waals surface area contributed by atoms with Crippen LogP contribution in [0.15, 0.2) is 0 Å². The smallest absolute Gasteiger partial charge is 0.0348 e. The van der Waals surface area contributed by atoms with E-state index in [2.05, 4.69) is 9.37 Å². The molecule has 0 radical (unpaired) electrons. The number of rotatable bonds is 4. The van der Waals surface area contributed by atoms with Gasteiger partial charge in [-0.25, -0.2) is 5.26 Å². The van der Waals surface area contributed by atoms with Crippen molar-refractivity contribution in [3.05, 3.63) is 0 Å². The van der Waals surface area contributed by atoms with Gasteiger partial charge >= 0.3 is 0 Å². The van der Waals surface area contributed by atoms with E-state index in [4.69, 9.17) is 5.26 Å². The van der Waals surface area contributed by atoms with E-state index in [0.717, 1.165) is 17.8 Å². The molecule has 0 aliphatic carbocycles. The largest absolute Gasteiger partial charge is 0.220 e.